The summed E-state index contributed by atoms with van der Waals surface area (Å²) >= 11 is 0. The fraction of sp³-hybridized carbons (Fsp3) is 0.524. The first-order chi connectivity index (χ1) is 13.7. The summed E-state index contributed by atoms with van der Waals surface area (Å²) in [6.07, 6.45) is 2.51. The van der Waals surface area contributed by atoms with Crippen molar-refractivity contribution in [2.75, 3.05) is 33.4 Å². The van der Waals surface area contributed by atoms with E-state index in [1.807, 2.05) is 23.7 Å². The second-order valence-corrected chi connectivity index (χ2v) is 7.03. The number of aliphatic imine (C=N–C) groups is 1. The number of hydrogen-bond donors (Lipinski definition) is 2. The van der Waals surface area contributed by atoms with Crippen molar-refractivity contribution >= 4 is 5.96 Å². The van der Waals surface area contributed by atoms with Gasteiger partial charge in [-0.3, -0.25) is 4.99 Å². The fourth-order valence-electron chi connectivity index (χ4n) is 3.37. The van der Waals surface area contributed by atoms with Crippen LogP contribution in [0.1, 0.15) is 29.8 Å². The van der Waals surface area contributed by atoms with Gasteiger partial charge in [-0.2, -0.15) is 5.10 Å². The highest BCUT2D eigenvalue weighted by Gasteiger charge is 2.15. The van der Waals surface area contributed by atoms with E-state index in [4.69, 9.17) is 9.47 Å². The zero-order chi connectivity index (χ0) is 19.8. The van der Waals surface area contributed by atoms with Gasteiger partial charge in [0.05, 0.1) is 30.7 Å². The van der Waals surface area contributed by atoms with E-state index >= 15 is 0 Å². The zero-order valence-corrected chi connectivity index (χ0v) is 17.1. The Hall–Kier alpha value is -2.38. The summed E-state index contributed by atoms with van der Waals surface area (Å²) in [5, 5.41) is 11.3. The van der Waals surface area contributed by atoms with Crippen LogP contribution < -0.4 is 10.6 Å². The molecule has 1 saturated heterocycles. The van der Waals surface area contributed by atoms with E-state index in [0.29, 0.717) is 26.3 Å². The van der Waals surface area contributed by atoms with Crippen LogP contribution in [-0.2, 0) is 16.0 Å². The minimum atomic E-state index is 0.267. The molecule has 2 aromatic rings. The van der Waals surface area contributed by atoms with Crippen LogP contribution in [0.5, 0.6) is 0 Å². The normalized spacial score (nSPS) is 17.1. The molecule has 1 atom stereocenters. The minimum absolute atomic E-state index is 0.267. The molecule has 152 valence electrons. The second-order valence-electron chi connectivity index (χ2n) is 7.03. The Kier molecular flexibility index (Phi) is 7.45. The molecule has 1 aromatic heterocycles. The highest BCUT2D eigenvalue weighted by Crippen LogP contribution is 2.17. The van der Waals surface area contributed by atoms with Crippen molar-refractivity contribution in [2.24, 2.45) is 4.99 Å². The lowest BCUT2D eigenvalue weighted by molar-refractivity contribution is 0.0191. The highest BCUT2D eigenvalue weighted by atomic mass is 16.5. The number of nitrogens with one attached hydrogen (secondary N) is 2. The van der Waals surface area contributed by atoms with Gasteiger partial charge < -0.3 is 20.1 Å². The SMILES string of the molecule is CN=C(NCCOCC1CCCO1)NCc1ccccc1-n1nc(C)cc1C. The van der Waals surface area contributed by atoms with Crippen molar-refractivity contribution in [3.8, 4) is 5.69 Å². The molecular formula is C21H31N5O2. The number of aromatic nitrogens is 2. The molecule has 1 unspecified atom stereocenters. The number of aryl methyl sites for hydroxylation is 2. The molecule has 7 heteroatoms. The third-order valence-corrected chi connectivity index (χ3v) is 4.77. The Labute approximate surface area is 167 Å². The Balaban J connectivity index is 1.48. The van der Waals surface area contributed by atoms with Gasteiger partial charge in [-0.05, 0) is 44.4 Å². The molecule has 0 radical (unpaired) electrons. The summed E-state index contributed by atoms with van der Waals surface area (Å²) in [5.41, 5.74) is 4.37. The lowest BCUT2D eigenvalue weighted by Crippen LogP contribution is -2.39. The number of guanidine groups is 1. The molecule has 1 aliphatic rings. The summed E-state index contributed by atoms with van der Waals surface area (Å²) in [6.45, 7) is 7.60. The molecule has 0 bridgehead atoms. The summed E-state index contributed by atoms with van der Waals surface area (Å²) in [7, 11) is 1.77. The monoisotopic (exact) mass is 385 g/mol. The summed E-state index contributed by atoms with van der Waals surface area (Å²) < 4.78 is 13.2. The average molecular weight is 386 g/mol. The Morgan fingerprint density at radius 1 is 1.32 bits per heavy atom. The van der Waals surface area contributed by atoms with Crippen LogP contribution >= 0.6 is 0 Å². The minimum Gasteiger partial charge on any atom is -0.377 e. The molecule has 3 rings (SSSR count). The Morgan fingerprint density at radius 2 is 2.18 bits per heavy atom. The van der Waals surface area contributed by atoms with Crippen LogP contribution in [-0.4, -0.2) is 55.3 Å². The van der Waals surface area contributed by atoms with E-state index < -0.39 is 0 Å². The van der Waals surface area contributed by atoms with Crippen LogP contribution in [0.2, 0.25) is 0 Å². The van der Waals surface area contributed by atoms with E-state index in [-0.39, 0.29) is 6.10 Å². The van der Waals surface area contributed by atoms with Crippen molar-refractivity contribution in [1.82, 2.24) is 20.4 Å². The van der Waals surface area contributed by atoms with E-state index in [1.165, 1.54) is 0 Å². The smallest absolute Gasteiger partial charge is 0.191 e. The molecule has 0 spiro atoms. The van der Waals surface area contributed by atoms with E-state index in [0.717, 1.165) is 48.0 Å². The molecule has 0 saturated carbocycles. The van der Waals surface area contributed by atoms with Crippen molar-refractivity contribution < 1.29 is 9.47 Å². The molecule has 28 heavy (non-hydrogen) atoms. The third kappa shape index (κ3) is 5.56. The van der Waals surface area contributed by atoms with Gasteiger partial charge in [0.15, 0.2) is 5.96 Å². The van der Waals surface area contributed by atoms with Crippen molar-refractivity contribution in [2.45, 2.75) is 39.3 Å². The highest BCUT2D eigenvalue weighted by molar-refractivity contribution is 5.79. The van der Waals surface area contributed by atoms with Crippen LogP contribution in [0.3, 0.4) is 0 Å². The quantitative estimate of drug-likeness (QED) is 0.415. The van der Waals surface area contributed by atoms with Crippen LogP contribution in [0.4, 0.5) is 0 Å². The van der Waals surface area contributed by atoms with Crippen LogP contribution in [0, 0.1) is 13.8 Å². The largest absolute Gasteiger partial charge is 0.377 e. The fourth-order valence-corrected chi connectivity index (χ4v) is 3.37. The van der Waals surface area contributed by atoms with E-state index in [2.05, 4.69) is 45.8 Å². The molecule has 1 aromatic carbocycles. The standard InChI is InChI=1S/C21H31N5O2/c1-16-13-17(2)26(25-16)20-9-5-4-7-18(20)14-24-21(22-3)23-10-12-27-15-19-8-6-11-28-19/h4-5,7,9,13,19H,6,8,10-12,14-15H2,1-3H3,(H2,22,23,24). The average Bonchev–Trinajstić information content (AvgIpc) is 3.33. The molecular weight excluding hydrogens is 354 g/mol. The van der Waals surface area contributed by atoms with Gasteiger partial charge in [-0.15, -0.1) is 0 Å². The predicted molar refractivity (Wildman–Crippen MR) is 111 cm³/mol. The Morgan fingerprint density at radius 3 is 2.89 bits per heavy atom. The molecule has 2 N–H and O–H groups in total. The van der Waals surface area contributed by atoms with Gasteiger partial charge in [-0.1, -0.05) is 18.2 Å². The molecule has 1 fully saturated rings. The van der Waals surface area contributed by atoms with Gasteiger partial charge in [0.1, 0.15) is 0 Å². The first-order valence-corrected chi connectivity index (χ1v) is 9.93. The van der Waals surface area contributed by atoms with Crippen molar-refractivity contribution in [3.63, 3.8) is 0 Å². The summed E-state index contributed by atoms with van der Waals surface area (Å²) in [5.74, 6) is 0.754. The maximum atomic E-state index is 5.69. The van der Waals surface area contributed by atoms with Gasteiger partial charge in [0, 0.05) is 32.4 Å². The maximum absolute atomic E-state index is 5.69. The Bertz CT molecular complexity index is 781. The first kappa shape index (κ1) is 20.4. The number of hydrogen-bond acceptors (Lipinski definition) is 4. The number of benzene rings is 1. The van der Waals surface area contributed by atoms with Crippen LogP contribution in [0.25, 0.3) is 5.69 Å². The predicted octanol–water partition coefficient (Wildman–Crippen LogP) is 2.35. The maximum Gasteiger partial charge on any atom is 0.191 e. The van der Waals surface area contributed by atoms with Gasteiger partial charge in [0.25, 0.3) is 0 Å². The number of nitrogens with zero attached hydrogens (tertiary/aromatic N) is 3. The molecule has 0 amide bonds. The number of para-hydroxylation sites is 1. The van der Waals surface area contributed by atoms with Gasteiger partial charge in [0.2, 0.25) is 0 Å². The number of rotatable bonds is 8. The van der Waals surface area contributed by atoms with Crippen molar-refractivity contribution in [3.05, 3.63) is 47.3 Å². The third-order valence-electron chi connectivity index (χ3n) is 4.77. The van der Waals surface area contributed by atoms with E-state index in [1.54, 1.807) is 7.05 Å². The second kappa shape index (κ2) is 10.2. The van der Waals surface area contributed by atoms with Crippen LogP contribution in [0.15, 0.2) is 35.3 Å². The number of ether oxygens (including phenoxy) is 2. The molecule has 2 heterocycles. The lowest BCUT2D eigenvalue weighted by atomic mass is 10.1. The van der Waals surface area contributed by atoms with E-state index in [9.17, 15) is 0 Å². The molecule has 0 aliphatic carbocycles. The van der Waals surface area contributed by atoms with Crippen molar-refractivity contribution in [1.29, 1.82) is 0 Å². The van der Waals surface area contributed by atoms with Gasteiger partial charge in [-0.25, -0.2) is 4.68 Å². The summed E-state index contributed by atoms with van der Waals surface area (Å²) in [4.78, 5) is 4.29. The zero-order valence-electron chi connectivity index (χ0n) is 17.1. The lowest BCUT2D eigenvalue weighted by Gasteiger charge is -2.15. The van der Waals surface area contributed by atoms with Gasteiger partial charge >= 0.3 is 0 Å². The summed E-state index contributed by atoms with van der Waals surface area (Å²) in [6, 6.07) is 10.4. The topological polar surface area (TPSA) is 72.7 Å². The first-order valence-electron chi connectivity index (χ1n) is 9.93. The molecule has 7 nitrogen and oxygen atoms in total. The molecule has 1 aliphatic heterocycles.